The van der Waals surface area contributed by atoms with Crippen molar-refractivity contribution in [3.63, 3.8) is 0 Å². The molecule has 2 aromatic carbocycles. The first-order valence-electron chi connectivity index (χ1n) is 6.73. The maximum atomic E-state index is 11.3. The summed E-state index contributed by atoms with van der Waals surface area (Å²) in [6.45, 7) is 2.38. The number of carboxylic acids is 1. The Bertz CT molecular complexity index is 539. The van der Waals surface area contributed by atoms with E-state index in [1.807, 2.05) is 60.7 Å². The molecule has 0 fully saturated rings. The quantitative estimate of drug-likeness (QED) is 0.846. The third-order valence-electron chi connectivity index (χ3n) is 3.42. The Kier molecular flexibility index (Phi) is 4.91. The van der Waals surface area contributed by atoms with Crippen LogP contribution in [0, 0.1) is 5.92 Å². The average molecular weight is 269 g/mol. The number of carbonyl (C=O) groups is 1. The normalized spacial score (nSPS) is 13.7. The van der Waals surface area contributed by atoms with Gasteiger partial charge in [-0.05, 0) is 11.1 Å². The SMILES string of the molecule is C[C@@H](C(=O)O)[C@@H](NCc1ccccc1)c1ccccc1. The van der Waals surface area contributed by atoms with Crippen molar-refractivity contribution in [2.24, 2.45) is 5.92 Å². The molecule has 0 aromatic heterocycles. The number of aliphatic carboxylic acids is 1. The number of hydrogen-bond donors (Lipinski definition) is 2. The minimum absolute atomic E-state index is 0.200. The Morgan fingerprint density at radius 1 is 1.05 bits per heavy atom. The zero-order valence-corrected chi connectivity index (χ0v) is 11.5. The lowest BCUT2D eigenvalue weighted by atomic mass is 9.94. The van der Waals surface area contributed by atoms with Crippen molar-refractivity contribution in [2.45, 2.75) is 19.5 Å². The van der Waals surface area contributed by atoms with Crippen molar-refractivity contribution in [3.8, 4) is 0 Å². The van der Waals surface area contributed by atoms with E-state index in [1.54, 1.807) is 6.92 Å². The molecule has 2 N–H and O–H groups in total. The predicted molar refractivity (Wildman–Crippen MR) is 79.3 cm³/mol. The fourth-order valence-electron chi connectivity index (χ4n) is 2.21. The van der Waals surface area contributed by atoms with Crippen LogP contribution in [0.3, 0.4) is 0 Å². The second kappa shape index (κ2) is 6.87. The van der Waals surface area contributed by atoms with E-state index in [-0.39, 0.29) is 6.04 Å². The van der Waals surface area contributed by atoms with Gasteiger partial charge in [-0.25, -0.2) is 0 Å². The molecule has 3 heteroatoms. The average Bonchev–Trinajstić information content (AvgIpc) is 2.49. The van der Waals surface area contributed by atoms with Crippen LogP contribution in [0.4, 0.5) is 0 Å². The maximum Gasteiger partial charge on any atom is 0.308 e. The van der Waals surface area contributed by atoms with Gasteiger partial charge in [-0.1, -0.05) is 67.6 Å². The fraction of sp³-hybridized carbons (Fsp3) is 0.235. The first-order valence-corrected chi connectivity index (χ1v) is 6.73. The molecule has 3 nitrogen and oxygen atoms in total. The molecule has 0 aliphatic carbocycles. The Balaban J connectivity index is 2.13. The molecule has 0 saturated heterocycles. The van der Waals surface area contributed by atoms with Crippen molar-refractivity contribution in [1.82, 2.24) is 5.32 Å². The van der Waals surface area contributed by atoms with E-state index < -0.39 is 11.9 Å². The Morgan fingerprint density at radius 3 is 2.15 bits per heavy atom. The van der Waals surface area contributed by atoms with Crippen molar-refractivity contribution in [1.29, 1.82) is 0 Å². The van der Waals surface area contributed by atoms with Crippen molar-refractivity contribution in [2.75, 3.05) is 0 Å². The molecule has 104 valence electrons. The third kappa shape index (κ3) is 3.68. The van der Waals surface area contributed by atoms with Crippen LogP contribution in [0.5, 0.6) is 0 Å². The van der Waals surface area contributed by atoms with Gasteiger partial charge in [0.2, 0.25) is 0 Å². The minimum atomic E-state index is -0.792. The molecule has 0 bridgehead atoms. The standard InChI is InChI=1S/C17H19NO2/c1-13(17(19)20)16(15-10-6-3-7-11-15)18-12-14-8-4-2-5-9-14/h2-11,13,16,18H,12H2,1H3,(H,19,20)/t13-,16-/m1/s1. The molecule has 2 aromatic rings. The molecule has 0 amide bonds. The van der Waals surface area contributed by atoms with Gasteiger partial charge in [0.1, 0.15) is 0 Å². The highest BCUT2D eigenvalue weighted by Crippen LogP contribution is 2.22. The van der Waals surface area contributed by atoms with Crippen LogP contribution in [0.15, 0.2) is 60.7 Å². The molecular formula is C17H19NO2. The highest BCUT2D eigenvalue weighted by molar-refractivity contribution is 5.70. The Morgan fingerprint density at radius 2 is 1.60 bits per heavy atom. The summed E-state index contributed by atoms with van der Waals surface area (Å²) in [5, 5.41) is 12.6. The van der Waals surface area contributed by atoms with Gasteiger partial charge in [0.05, 0.1) is 5.92 Å². The van der Waals surface area contributed by atoms with Crippen LogP contribution < -0.4 is 5.32 Å². The van der Waals surface area contributed by atoms with E-state index in [2.05, 4.69) is 5.32 Å². The van der Waals surface area contributed by atoms with Crippen LogP contribution in [0.1, 0.15) is 24.1 Å². The van der Waals surface area contributed by atoms with Crippen LogP contribution in [-0.2, 0) is 11.3 Å². The van der Waals surface area contributed by atoms with E-state index >= 15 is 0 Å². The lowest BCUT2D eigenvalue weighted by molar-refractivity contribution is -0.142. The van der Waals surface area contributed by atoms with Gasteiger partial charge in [-0.3, -0.25) is 4.79 Å². The fourth-order valence-corrected chi connectivity index (χ4v) is 2.21. The smallest absolute Gasteiger partial charge is 0.308 e. The Hall–Kier alpha value is -2.13. The molecule has 0 aliphatic heterocycles. The van der Waals surface area contributed by atoms with E-state index in [1.165, 1.54) is 0 Å². The van der Waals surface area contributed by atoms with E-state index in [4.69, 9.17) is 0 Å². The number of benzene rings is 2. The molecular weight excluding hydrogens is 250 g/mol. The topological polar surface area (TPSA) is 49.3 Å². The number of nitrogens with one attached hydrogen (secondary N) is 1. The van der Waals surface area contributed by atoms with Crippen LogP contribution in [-0.4, -0.2) is 11.1 Å². The van der Waals surface area contributed by atoms with Crippen LogP contribution in [0.25, 0.3) is 0 Å². The lowest BCUT2D eigenvalue weighted by Crippen LogP contribution is -2.31. The van der Waals surface area contributed by atoms with Crippen LogP contribution >= 0.6 is 0 Å². The highest BCUT2D eigenvalue weighted by Gasteiger charge is 2.24. The van der Waals surface area contributed by atoms with Crippen molar-refractivity contribution >= 4 is 5.97 Å². The third-order valence-corrected chi connectivity index (χ3v) is 3.42. The first-order chi connectivity index (χ1) is 9.68. The van der Waals surface area contributed by atoms with Gasteiger partial charge in [-0.2, -0.15) is 0 Å². The second-order valence-electron chi connectivity index (χ2n) is 4.88. The molecule has 2 atom stereocenters. The summed E-state index contributed by atoms with van der Waals surface area (Å²) in [7, 11) is 0. The predicted octanol–water partition coefficient (Wildman–Crippen LogP) is 3.24. The summed E-state index contributed by atoms with van der Waals surface area (Å²) in [5.41, 5.74) is 2.14. The summed E-state index contributed by atoms with van der Waals surface area (Å²) in [6.07, 6.45) is 0. The zero-order valence-electron chi connectivity index (χ0n) is 11.5. The monoisotopic (exact) mass is 269 g/mol. The maximum absolute atomic E-state index is 11.3. The highest BCUT2D eigenvalue weighted by atomic mass is 16.4. The largest absolute Gasteiger partial charge is 0.481 e. The minimum Gasteiger partial charge on any atom is -0.481 e. The van der Waals surface area contributed by atoms with Crippen molar-refractivity contribution < 1.29 is 9.90 Å². The first kappa shape index (κ1) is 14.3. The molecule has 0 spiro atoms. The number of hydrogen-bond acceptors (Lipinski definition) is 2. The zero-order chi connectivity index (χ0) is 14.4. The molecule has 0 heterocycles. The van der Waals surface area contributed by atoms with E-state index in [0.717, 1.165) is 11.1 Å². The molecule has 2 rings (SSSR count). The molecule has 0 radical (unpaired) electrons. The van der Waals surface area contributed by atoms with Gasteiger partial charge in [0.25, 0.3) is 0 Å². The summed E-state index contributed by atoms with van der Waals surface area (Å²) in [5.74, 6) is -1.28. The van der Waals surface area contributed by atoms with Crippen molar-refractivity contribution in [3.05, 3.63) is 71.8 Å². The lowest BCUT2D eigenvalue weighted by Gasteiger charge is -2.23. The number of carboxylic acid groups (broad SMARTS) is 1. The summed E-state index contributed by atoms with van der Waals surface area (Å²) in [4.78, 5) is 11.3. The van der Waals surface area contributed by atoms with Gasteiger partial charge in [0.15, 0.2) is 0 Å². The molecule has 20 heavy (non-hydrogen) atoms. The van der Waals surface area contributed by atoms with Crippen LogP contribution in [0.2, 0.25) is 0 Å². The molecule has 0 unspecified atom stereocenters. The number of rotatable bonds is 6. The molecule has 0 saturated carbocycles. The summed E-state index contributed by atoms with van der Waals surface area (Å²) < 4.78 is 0. The van der Waals surface area contributed by atoms with E-state index in [9.17, 15) is 9.90 Å². The summed E-state index contributed by atoms with van der Waals surface area (Å²) in [6, 6.07) is 19.5. The summed E-state index contributed by atoms with van der Waals surface area (Å²) >= 11 is 0. The van der Waals surface area contributed by atoms with Gasteiger partial charge in [-0.15, -0.1) is 0 Å². The van der Waals surface area contributed by atoms with Gasteiger partial charge >= 0.3 is 5.97 Å². The van der Waals surface area contributed by atoms with Gasteiger partial charge in [0, 0.05) is 12.6 Å². The van der Waals surface area contributed by atoms with E-state index in [0.29, 0.717) is 6.54 Å². The van der Waals surface area contributed by atoms with Gasteiger partial charge < -0.3 is 10.4 Å². The molecule has 0 aliphatic rings. The second-order valence-corrected chi connectivity index (χ2v) is 4.88. The Labute approximate surface area is 119 Å².